The molecule has 1 amide bonds. The number of carboxylic acids is 1. The van der Waals surface area contributed by atoms with Crippen LogP contribution in [0.1, 0.15) is 25.0 Å². The standard InChI is InChI=1S/C22H23Cl2NO5/c1-13(2)21(22(27)28)25-20(26)10-8-14-7-9-18(19(11-14)29-3)30-12-15-16(23)5-4-6-17(15)24/h4-11,13,21H,12H2,1-3H3,(H,25,26)(H,27,28)/b10-8+. The zero-order valence-electron chi connectivity index (χ0n) is 16.8. The van der Waals surface area contributed by atoms with Crippen molar-refractivity contribution in [1.29, 1.82) is 0 Å². The first-order valence-corrected chi connectivity index (χ1v) is 9.93. The van der Waals surface area contributed by atoms with Crippen molar-refractivity contribution in [2.75, 3.05) is 7.11 Å². The number of ether oxygens (including phenoxy) is 2. The molecule has 0 aliphatic rings. The summed E-state index contributed by atoms with van der Waals surface area (Å²) in [4.78, 5) is 23.2. The molecular weight excluding hydrogens is 429 g/mol. The van der Waals surface area contributed by atoms with Crippen molar-refractivity contribution in [2.45, 2.75) is 26.5 Å². The van der Waals surface area contributed by atoms with E-state index in [1.54, 1.807) is 56.3 Å². The van der Waals surface area contributed by atoms with Crippen molar-refractivity contribution in [3.63, 3.8) is 0 Å². The van der Waals surface area contributed by atoms with Crippen molar-refractivity contribution >= 4 is 41.2 Å². The van der Waals surface area contributed by atoms with E-state index in [-0.39, 0.29) is 12.5 Å². The molecule has 0 aliphatic carbocycles. The van der Waals surface area contributed by atoms with E-state index in [0.717, 1.165) is 0 Å². The van der Waals surface area contributed by atoms with E-state index in [0.29, 0.717) is 32.7 Å². The molecule has 0 aromatic heterocycles. The van der Waals surface area contributed by atoms with E-state index in [2.05, 4.69) is 5.32 Å². The van der Waals surface area contributed by atoms with Crippen LogP contribution in [0.15, 0.2) is 42.5 Å². The summed E-state index contributed by atoms with van der Waals surface area (Å²) in [5, 5.41) is 12.6. The molecule has 0 heterocycles. The molecular formula is C22H23Cl2NO5. The van der Waals surface area contributed by atoms with E-state index in [1.165, 1.54) is 13.2 Å². The van der Waals surface area contributed by atoms with Gasteiger partial charge in [0.1, 0.15) is 12.6 Å². The molecule has 0 spiro atoms. The van der Waals surface area contributed by atoms with Gasteiger partial charge in [-0.3, -0.25) is 4.79 Å². The monoisotopic (exact) mass is 451 g/mol. The lowest BCUT2D eigenvalue weighted by atomic mass is 10.0. The molecule has 8 heteroatoms. The smallest absolute Gasteiger partial charge is 0.326 e. The summed E-state index contributed by atoms with van der Waals surface area (Å²) in [6.07, 6.45) is 2.84. The molecule has 2 aromatic rings. The fourth-order valence-electron chi connectivity index (χ4n) is 2.61. The predicted octanol–water partition coefficient (Wildman–Crippen LogP) is 4.82. The molecule has 0 saturated heterocycles. The number of methoxy groups -OCH3 is 1. The number of carbonyl (C=O) groups excluding carboxylic acids is 1. The Kier molecular flexibility index (Phi) is 8.57. The summed E-state index contributed by atoms with van der Waals surface area (Å²) in [6, 6.07) is 9.41. The molecule has 1 unspecified atom stereocenters. The van der Waals surface area contributed by atoms with Gasteiger partial charge in [-0.25, -0.2) is 4.79 Å². The van der Waals surface area contributed by atoms with Crippen LogP contribution in [0.25, 0.3) is 6.08 Å². The number of aliphatic carboxylic acids is 1. The SMILES string of the molecule is COc1cc(/C=C/C(=O)NC(C(=O)O)C(C)C)ccc1OCc1c(Cl)cccc1Cl. The van der Waals surface area contributed by atoms with Crippen LogP contribution in [-0.4, -0.2) is 30.1 Å². The van der Waals surface area contributed by atoms with Crippen LogP contribution in [0.5, 0.6) is 11.5 Å². The molecule has 2 rings (SSSR count). The minimum Gasteiger partial charge on any atom is -0.493 e. The third-order valence-corrected chi connectivity index (χ3v) is 4.99. The van der Waals surface area contributed by atoms with Crippen LogP contribution >= 0.6 is 23.2 Å². The predicted molar refractivity (Wildman–Crippen MR) is 117 cm³/mol. The first-order valence-electron chi connectivity index (χ1n) is 9.18. The number of amides is 1. The van der Waals surface area contributed by atoms with Gasteiger partial charge in [0.25, 0.3) is 0 Å². The fourth-order valence-corrected chi connectivity index (χ4v) is 3.12. The molecule has 6 nitrogen and oxygen atoms in total. The quantitative estimate of drug-likeness (QED) is 0.533. The molecule has 160 valence electrons. The van der Waals surface area contributed by atoms with Gasteiger partial charge in [0.05, 0.1) is 7.11 Å². The van der Waals surface area contributed by atoms with Crippen LogP contribution in [0.3, 0.4) is 0 Å². The molecule has 1 atom stereocenters. The van der Waals surface area contributed by atoms with Crippen LogP contribution in [0.4, 0.5) is 0 Å². The highest BCUT2D eigenvalue weighted by atomic mass is 35.5. The maximum absolute atomic E-state index is 12.0. The van der Waals surface area contributed by atoms with Crippen molar-refractivity contribution in [2.24, 2.45) is 5.92 Å². The average molecular weight is 452 g/mol. The molecule has 0 bridgehead atoms. The normalized spacial score (nSPS) is 12.1. The topological polar surface area (TPSA) is 84.9 Å². The third kappa shape index (κ3) is 6.40. The zero-order valence-corrected chi connectivity index (χ0v) is 18.3. The third-order valence-electron chi connectivity index (χ3n) is 4.28. The lowest BCUT2D eigenvalue weighted by molar-refractivity contribution is -0.142. The van der Waals surface area contributed by atoms with Gasteiger partial charge in [-0.05, 0) is 41.8 Å². The Hall–Kier alpha value is -2.70. The summed E-state index contributed by atoms with van der Waals surface area (Å²) in [6.45, 7) is 3.61. The van der Waals surface area contributed by atoms with Gasteiger partial charge in [-0.2, -0.15) is 0 Å². The largest absolute Gasteiger partial charge is 0.493 e. The lowest BCUT2D eigenvalue weighted by Gasteiger charge is -2.16. The summed E-state index contributed by atoms with van der Waals surface area (Å²) >= 11 is 12.3. The maximum Gasteiger partial charge on any atom is 0.326 e. The Morgan fingerprint density at radius 1 is 1.13 bits per heavy atom. The lowest BCUT2D eigenvalue weighted by Crippen LogP contribution is -2.43. The van der Waals surface area contributed by atoms with Gasteiger partial charge in [0.2, 0.25) is 5.91 Å². The van der Waals surface area contributed by atoms with Gasteiger partial charge >= 0.3 is 5.97 Å². The molecule has 2 N–H and O–H groups in total. The number of hydrogen-bond acceptors (Lipinski definition) is 4. The number of rotatable bonds is 9. The van der Waals surface area contributed by atoms with E-state index >= 15 is 0 Å². The van der Waals surface area contributed by atoms with Gasteiger partial charge < -0.3 is 19.9 Å². The maximum atomic E-state index is 12.0. The van der Waals surface area contributed by atoms with Gasteiger partial charge in [-0.1, -0.05) is 49.2 Å². The van der Waals surface area contributed by atoms with Crippen LogP contribution in [-0.2, 0) is 16.2 Å². The number of nitrogens with one attached hydrogen (secondary N) is 1. The summed E-state index contributed by atoms with van der Waals surface area (Å²) < 4.78 is 11.2. The first kappa shape index (κ1) is 23.6. The second kappa shape index (κ2) is 10.9. The Morgan fingerprint density at radius 3 is 2.37 bits per heavy atom. The molecule has 0 aliphatic heterocycles. The Balaban J connectivity index is 2.09. The fraction of sp³-hybridized carbons (Fsp3) is 0.273. The van der Waals surface area contributed by atoms with Crippen molar-refractivity contribution in [3.05, 3.63) is 63.6 Å². The highest BCUT2D eigenvalue weighted by molar-refractivity contribution is 6.35. The Labute approximate surface area is 185 Å². The molecule has 0 radical (unpaired) electrons. The molecule has 30 heavy (non-hydrogen) atoms. The number of halogens is 2. The summed E-state index contributed by atoms with van der Waals surface area (Å²) in [5.41, 5.74) is 1.35. The van der Waals surface area contributed by atoms with Gasteiger partial charge in [0.15, 0.2) is 11.5 Å². The summed E-state index contributed by atoms with van der Waals surface area (Å²) in [5.74, 6) is -0.854. The van der Waals surface area contributed by atoms with E-state index in [9.17, 15) is 9.59 Å². The molecule has 0 saturated carbocycles. The van der Waals surface area contributed by atoms with Crippen molar-refractivity contribution in [3.8, 4) is 11.5 Å². The highest BCUT2D eigenvalue weighted by Gasteiger charge is 2.22. The number of hydrogen-bond donors (Lipinski definition) is 2. The minimum absolute atomic E-state index is 0.165. The number of carbonyl (C=O) groups is 2. The van der Waals surface area contributed by atoms with Crippen LogP contribution < -0.4 is 14.8 Å². The first-order chi connectivity index (χ1) is 14.2. The van der Waals surface area contributed by atoms with E-state index in [1.807, 2.05) is 0 Å². The Bertz CT molecular complexity index is 923. The van der Waals surface area contributed by atoms with Crippen molar-refractivity contribution < 1.29 is 24.2 Å². The van der Waals surface area contributed by atoms with Crippen LogP contribution in [0, 0.1) is 5.92 Å². The van der Waals surface area contributed by atoms with E-state index in [4.69, 9.17) is 37.8 Å². The average Bonchev–Trinajstić information content (AvgIpc) is 2.70. The number of carboxylic acid groups (broad SMARTS) is 1. The minimum atomic E-state index is -1.08. The second-order valence-electron chi connectivity index (χ2n) is 6.80. The van der Waals surface area contributed by atoms with Gasteiger partial charge in [0, 0.05) is 21.7 Å². The van der Waals surface area contributed by atoms with Gasteiger partial charge in [-0.15, -0.1) is 0 Å². The molecule has 2 aromatic carbocycles. The van der Waals surface area contributed by atoms with Crippen LogP contribution in [0.2, 0.25) is 10.0 Å². The zero-order chi connectivity index (χ0) is 22.3. The van der Waals surface area contributed by atoms with E-state index < -0.39 is 17.9 Å². The van der Waals surface area contributed by atoms with Crippen molar-refractivity contribution in [1.82, 2.24) is 5.32 Å². The molecule has 0 fully saturated rings. The Morgan fingerprint density at radius 2 is 1.80 bits per heavy atom. The summed E-state index contributed by atoms with van der Waals surface area (Å²) in [7, 11) is 1.50. The number of benzene rings is 2. The highest BCUT2D eigenvalue weighted by Crippen LogP contribution is 2.31. The second-order valence-corrected chi connectivity index (χ2v) is 7.62.